The zero-order valence-electron chi connectivity index (χ0n) is 15.4. The summed E-state index contributed by atoms with van der Waals surface area (Å²) in [6, 6.07) is -1.56. The third kappa shape index (κ3) is 7.26. The Morgan fingerprint density at radius 2 is 1.96 bits per heavy atom. The second-order valence-corrected chi connectivity index (χ2v) is 8.77. The van der Waals surface area contributed by atoms with Gasteiger partial charge < -0.3 is 15.2 Å². The summed E-state index contributed by atoms with van der Waals surface area (Å²) in [6.07, 6.45) is -0.105. The molecule has 0 aliphatic carbocycles. The lowest BCUT2D eigenvalue weighted by Gasteiger charge is -2.34. The number of amides is 2. The first kappa shape index (κ1) is 23.0. The van der Waals surface area contributed by atoms with Crippen LogP contribution in [0.25, 0.3) is 0 Å². The number of esters is 1. The van der Waals surface area contributed by atoms with E-state index in [1.807, 2.05) is 0 Å². The lowest BCUT2D eigenvalue weighted by molar-refractivity contribution is -0.153. The van der Waals surface area contributed by atoms with Crippen LogP contribution in [0.4, 0.5) is 0 Å². The van der Waals surface area contributed by atoms with E-state index in [1.165, 1.54) is 18.9 Å². The first-order chi connectivity index (χ1) is 11.9. The summed E-state index contributed by atoms with van der Waals surface area (Å²) in [4.78, 5) is 36.4. The number of carbonyl (C=O) groups excluding carboxylic acids is 3. The van der Waals surface area contributed by atoms with Crippen molar-refractivity contribution in [3.8, 4) is 0 Å². The van der Waals surface area contributed by atoms with Gasteiger partial charge in [-0.1, -0.05) is 37.0 Å². The van der Waals surface area contributed by atoms with Gasteiger partial charge >= 0.3 is 5.97 Å². The molecule has 0 aromatic carbocycles. The molecule has 150 valence electrons. The number of alkyl halides is 2. The third-order valence-corrected chi connectivity index (χ3v) is 4.05. The van der Waals surface area contributed by atoms with Gasteiger partial charge in [0, 0.05) is 6.54 Å². The fourth-order valence-electron chi connectivity index (χ4n) is 2.31. The van der Waals surface area contributed by atoms with Gasteiger partial charge in [-0.25, -0.2) is 5.43 Å². The van der Waals surface area contributed by atoms with E-state index in [9.17, 15) is 19.5 Å². The van der Waals surface area contributed by atoms with Crippen LogP contribution in [0, 0.1) is 5.92 Å². The number of aliphatic hydroxyl groups is 1. The Labute approximate surface area is 163 Å². The van der Waals surface area contributed by atoms with Crippen LogP contribution in [0.5, 0.6) is 0 Å². The normalized spacial score (nSPS) is 20.5. The number of rotatable bonds is 7. The Hall–Kier alpha value is -1.09. The van der Waals surface area contributed by atoms with Gasteiger partial charge in [-0.2, -0.15) is 0 Å². The van der Waals surface area contributed by atoms with Crippen molar-refractivity contribution in [1.82, 2.24) is 15.8 Å². The summed E-state index contributed by atoms with van der Waals surface area (Å²) in [5.74, 6) is -1.84. The van der Waals surface area contributed by atoms with Crippen molar-refractivity contribution in [2.45, 2.75) is 63.1 Å². The molecule has 0 radical (unpaired) electrons. The van der Waals surface area contributed by atoms with Crippen LogP contribution in [0.15, 0.2) is 0 Å². The standard InChI is InChI=1S/C16H27Cl2N3O5/c1-9(2)12(22)13(23)19-10(3)14(24)21-7-5-6-11(20-21)15(25)26-8-16(4,17)18/h9-12,20,22H,5-8H2,1-4H3,(H,19,23)/t10-,11-,12-/m0/s1. The molecule has 1 aliphatic rings. The second-order valence-electron chi connectivity index (χ2n) is 6.91. The van der Waals surface area contributed by atoms with E-state index >= 15 is 0 Å². The van der Waals surface area contributed by atoms with Gasteiger partial charge in [-0.15, -0.1) is 0 Å². The molecule has 0 aromatic heterocycles. The molecule has 1 fully saturated rings. The molecule has 3 N–H and O–H groups in total. The maximum atomic E-state index is 12.5. The first-order valence-electron chi connectivity index (χ1n) is 8.53. The van der Waals surface area contributed by atoms with Crippen LogP contribution in [-0.4, -0.2) is 63.6 Å². The Kier molecular flexibility index (Phi) is 8.59. The molecule has 3 atom stereocenters. The molecule has 1 rings (SSSR count). The van der Waals surface area contributed by atoms with Crippen molar-refractivity contribution in [3.05, 3.63) is 0 Å². The predicted octanol–water partition coefficient (Wildman–Crippen LogP) is 0.741. The molecule has 0 saturated carbocycles. The molecular formula is C16H27Cl2N3O5. The Bertz CT molecular complexity index is 525. The summed E-state index contributed by atoms with van der Waals surface area (Å²) < 4.78 is 3.87. The van der Waals surface area contributed by atoms with Crippen LogP contribution >= 0.6 is 23.2 Å². The van der Waals surface area contributed by atoms with Gasteiger partial charge in [-0.05, 0) is 32.6 Å². The summed E-state index contributed by atoms with van der Waals surface area (Å²) in [5.41, 5.74) is 2.80. The number of halogens is 2. The minimum atomic E-state index is -1.19. The highest BCUT2D eigenvalue weighted by Gasteiger charge is 2.33. The van der Waals surface area contributed by atoms with Crippen molar-refractivity contribution in [3.63, 3.8) is 0 Å². The van der Waals surface area contributed by atoms with E-state index in [0.29, 0.717) is 19.4 Å². The lowest BCUT2D eigenvalue weighted by atomic mass is 10.1. The quantitative estimate of drug-likeness (QED) is 0.421. The summed E-state index contributed by atoms with van der Waals surface area (Å²) in [7, 11) is 0. The highest BCUT2D eigenvalue weighted by molar-refractivity contribution is 6.48. The van der Waals surface area contributed by atoms with Crippen molar-refractivity contribution in [2.75, 3.05) is 13.2 Å². The molecule has 8 nitrogen and oxygen atoms in total. The van der Waals surface area contributed by atoms with E-state index in [4.69, 9.17) is 27.9 Å². The van der Waals surface area contributed by atoms with Gasteiger partial charge in [0.05, 0.1) is 0 Å². The molecule has 0 bridgehead atoms. The summed E-state index contributed by atoms with van der Waals surface area (Å²) in [6.45, 7) is 6.64. The molecule has 26 heavy (non-hydrogen) atoms. The fraction of sp³-hybridized carbons (Fsp3) is 0.812. The van der Waals surface area contributed by atoms with Gasteiger partial charge in [-0.3, -0.25) is 19.4 Å². The smallest absolute Gasteiger partial charge is 0.325 e. The van der Waals surface area contributed by atoms with Gasteiger partial charge in [0.25, 0.3) is 5.91 Å². The van der Waals surface area contributed by atoms with E-state index in [0.717, 1.165) is 0 Å². The monoisotopic (exact) mass is 411 g/mol. The number of carbonyl (C=O) groups is 3. The molecule has 10 heteroatoms. The van der Waals surface area contributed by atoms with Crippen LogP contribution < -0.4 is 10.7 Å². The third-order valence-electron chi connectivity index (χ3n) is 3.83. The topological polar surface area (TPSA) is 108 Å². The number of nitrogens with one attached hydrogen (secondary N) is 2. The van der Waals surface area contributed by atoms with Crippen LogP contribution in [0.2, 0.25) is 0 Å². The van der Waals surface area contributed by atoms with E-state index in [1.54, 1.807) is 13.8 Å². The number of aliphatic hydroxyl groups excluding tert-OH is 1. The van der Waals surface area contributed by atoms with Crippen molar-refractivity contribution in [2.24, 2.45) is 5.92 Å². The number of ether oxygens (including phenoxy) is 1. The minimum absolute atomic E-state index is 0.166. The summed E-state index contributed by atoms with van der Waals surface area (Å²) >= 11 is 11.6. The molecule has 1 heterocycles. The van der Waals surface area contributed by atoms with Crippen molar-refractivity contribution < 1.29 is 24.2 Å². The van der Waals surface area contributed by atoms with Crippen molar-refractivity contribution in [1.29, 1.82) is 0 Å². The minimum Gasteiger partial charge on any atom is -0.461 e. The van der Waals surface area contributed by atoms with Crippen molar-refractivity contribution >= 4 is 41.0 Å². The van der Waals surface area contributed by atoms with E-state index in [-0.39, 0.29) is 12.5 Å². The van der Waals surface area contributed by atoms with Crippen LogP contribution in [0.3, 0.4) is 0 Å². The zero-order chi connectivity index (χ0) is 20.1. The molecule has 0 spiro atoms. The number of hydrazine groups is 1. The van der Waals surface area contributed by atoms with Crippen LogP contribution in [0.1, 0.15) is 40.5 Å². The predicted molar refractivity (Wildman–Crippen MR) is 97.4 cm³/mol. The van der Waals surface area contributed by atoms with Gasteiger partial charge in [0.2, 0.25) is 5.91 Å². The zero-order valence-corrected chi connectivity index (χ0v) is 16.9. The Morgan fingerprint density at radius 1 is 1.35 bits per heavy atom. The molecular weight excluding hydrogens is 385 g/mol. The molecule has 0 aromatic rings. The van der Waals surface area contributed by atoms with E-state index in [2.05, 4.69) is 10.7 Å². The molecule has 1 saturated heterocycles. The summed E-state index contributed by atoms with van der Waals surface area (Å²) in [5, 5.41) is 13.5. The average molecular weight is 412 g/mol. The Balaban J connectivity index is 2.58. The maximum Gasteiger partial charge on any atom is 0.325 e. The number of hydrogen-bond acceptors (Lipinski definition) is 6. The Morgan fingerprint density at radius 3 is 2.50 bits per heavy atom. The number of nitrogens with zero attached hydrogens (tertiary/aromatic N) is 1. The van der Waals surface area contributed by atoms with Crippen LogP contribution in [-0.2, 0) is 19.1 Å². The lowest BCUT2D eigenvalue weighted by Crippen LogP contribution is -2.60. The fourth-order valence-corrected chi connectivity index (χ4v) is 2.42. The van der Waals surface area contributed by atoms with E-state index < -0.39 is 40.3 Å². The SMILES string of the molecule is CC(C)[C@H](O)C(=O)N[C@@H](C)C(=O)N1CCC[C@@H](C(=O)OCC(C)(Cl)Cl)N1. The number of hydrogen-bond donors (Lipinski definition) is 3. The molecule has 0 unspecified atom stereocenters. The molecule has 1 aliphatic heterocycles. The molecule has 2 amide bonds. The highest BCUT2D eigenvalue weighted by atomic mass is 35.5. The maximum absolute atomic E-state index is 12.5. The van der Waals surface area contributed by atoms with Gasteiger partial charge in [0.1, 0.15) is 29.1 Å². The highest BCUT2D eigenvalue weighted by Crippen LogP contribution is 2.20. The largest absolute Gasteiger partial charge is 0.461 e. The van der Waals surface area contributed by atoms with Gasteiger partial charge in [0.15, 0.2) is 0 Å². The first-order valence-corrected chi connectivity index (χ1v) is 9.28. The average Bonchev–Trinajstić information content (AvgIpc) is 2.57. The second kappa shape index (κ2) is 9.73.